The monoisotopic (exact) mass is 401 g/mol. The molecule has 0 saturated heterocycles. The molecule has 14 nitrogen and oxygen atoms in total. The Morgan fingerprint density at radius 1 is 1.27 bits per heavy atom. The SMILES string of the molecule is Nc1nc(F)nc2nc[nH]c12.O=CC(O)C(O)C(O)CO.O=P(O)(O)O. The highest BCUT2D eigenvalue weighted by Crippen LogP contribution is 2.25. The number of aromatic amines is 1. The smallest absolute Gasteiger partial charge is 0.394 e. The number of aliphatic hydroxyl groups excluding tert-OH is 4. The van der Waals surface area contributed by atoms with E-state index in [9.17, 15) is 9.18 Å². The van der Waals surface area contributed by atoms with Crippen molar-refractivity contribution in [3.63, 3.8) is 0 Å². The van der Waals surface area contributed by atoms with Crippen LogP contribution in [0.25, 0.3) is 11.2 Å². The summed E-state index contributed by atoms with van der Waals surface area (Å²) in [5.74, 6) is 0.0741. The first-order chi connectivity index (χ1) is 11.9. The fourth-order valence-electron chi connectivity index (χ4n) is 1.24. The number of aliphatic hydroxyl groups is 4. The molecule has 0 radical (unpaired) electrons. The number of aromatic nitrogens is 4. The summed E-state index contributed by atoms with van der Waals surface area (Å²) in [6, 6.07) is 0. The standard InChI is InChI=1S/C5H4FN5.C5H10O5.H3O4P/c6-5-10-3(7)2-4(11-5)9-1-8-2;6-1-3(8)5(10)4(9)2-7;1-5(2,3)4/h1H,(H3,7,8,9,10,11);1,3-5,7-10H,2H2;(H3,1,2,3,4). The number of nitrogens with one attached hydrogen (secondary N) is 1. The van der Waals surface area contributed by atoms with Crippen LogP contribution in [0.5, 0.6) is 0 Å². The minimum Gasteiger partial charge on any atom is -0.394 e. The van der Waals surface area contributed by atoms with E-state index in [2.05, 4.69) is 19.9 Å². The predicted molar refractivity (Wildman–Crippen MR) is 81.5 cm³/mol. The Bertz CT molecular complexity index is 732. The van der Waals surface area contributed by atoms with Gasteiger partial charge in [0.25, 0.3) is 0 Å². The molecule has 10 N–H and O–H groups in total. The van der Waals surface area contributed by atoms with Crippen LogP contribution in [0.3, 0.4) is 0 Å². The first-order valence-electron chi connectivity index (χ1n) is 6.41. The molecule has 0 aromatic carbocycles. The fourth-order valence-corrected chi connectivity index (χ4v) is 1.24. The van der Waals surface area contributed by atoms with Crippen molar-refractivity contribution in [2.24, 2.45) is 0 Å². The molecule has 3 atom stereocenters. The third-order valence-electron chi connectivity index (χ3n) is 2.36. The number of aldehydes is 1. The van der Waals surface area contributed by atoms with E-state index in [1.54, 1.807) is 0 Å². The van der Waals surface area contributed by atoms with E-state index in [-0.39, 0.29) is 17.8 Å². The van der Waals surface area contributed by atoms with E-state index in [0.717, 1.165) is 0 Å². The summed E-state index contributed by atoms with van der Waals surface area (Å²) in [4.78, 5) is 44.4. The number of hydrogen-bond donors (Lipinski definition) is 9. The normalized spacial score (nSPS) is 14.3. The molecular weight excluding hydrogens is 384 g/mol. The molecule has 0 fully saturated rings. The van der Waals surface area contributed by atoms with Gasteiger partial charge >= 0.3 is 13.9 Å². The molecule has 2 aromatic heterocycles. The van der Waals surface area contributed by atoms with Gasteiger partial charge in [-0.25, -0.2) is 9.55 Å². The molecule has 3 unspecified atom stereocenters. The van der Waals surface area contributed by atoms with Crippen LogP contribution in [-0.2, 0) is 9.36 Å². The lowest BCUT2D eigenvalue weighted by Gasteiger charge is -2.16. The number of anilines is 1. The van der Waals surface area contributed by atoms with Gasteiger partial charge in [0.05, 0.1) is 12.9 Å². The molecule has 2 heterocycles. The third-order valence-corrected chi connectivity index (χ3v) is 2.36. The molecule has 0 aliphatic carbocycles. The summed E-state index contributed by atoms with van der Waals surface area (Å²) in [7, 11) is -4.64. The van der Waals surface area contributed by atoms with E-state index in [1.807, 2.05) is 0 Å². The Labute approximate surface area is 144 Å². The number of hydrogen-bond acceptors (Lipinski definition) is 10. The lowest BCUT2D eigenvalue weighted by Crippen LogP contribution is -2.40. The highest BCUT2D eigenvalue weighted by molar-refractivity contribution is 7.45. The number of nitrogen functional groups attached to an aromatic ring is 1. The summed E-state index contributed by atoms with van der Waals surface area (Å²) in [6.45, 7) is -0.688. The number of fused-ring (bicyclic) bond motifs is 1. The van der Waals surface area contributed by atoms with Crippen molar-refractivity contribution in [2.45, 2.75) is 18.3 Å². The Kier molecular flexibility index (Phi) is 9.92. The van der Waals surface area contributed by atoms with Crippen LogP contribution < -0.4 is 5.73 Å². The minimum absolute atomic E-state index is 0.0741. The molecule has 0 aliphatic heterocycles. The highest BCUT2D eigenvalue weighted by Gasteiger charge is 2.22. The molecule has 148 valence electrons. The average molecular weight is 401 g/mol. The van der Waals surface area contributed by atoms with Crippen molar-refractivity contribution in [3.8, 4) is 0 Å². The number of imidazole rings is 1. The van der Waals surface area contributed by atoms with Crippen LogP contribution in [0.4, 0.5) is 10.2 Å². The van der Waals surface area contributed by atoms with Crippen LogP contribution in [0.1, 0.15) is 0 Å². The number of carbonyl (C=O) groups is 1. The summed E-state index contributed by atoms with van der Waals surface area (Å²) in [5, 5.41) is 34.1. The predicted octanol–water partition coefficient (Wildman–Crippen LogP) is -3.59. The Hall–Kier alpha value is -2.10. The lowest BCUT2D eigenvalue weighted by atomic mass is 10.1. The number of rotatable bonds is 4. The Morgan fingerprint density at radius 3 is 2.27 bits per heavy atom. The number of H-pyrrole nitrogens is 1. The van der Waals surface area contributed by atoms with Crippen molar-refractivity contribution < 1.29 is 48.9 Å². The first-order valence-corrected chi connectivity index (χ1v) is 7.98. The van der Waals surface area contributed by atoms with Gasteiger partial charge in [-0.05, 0) is 0 Å². The molecule has 2 rings (SSSR count). The van der Waals surface area contributed by atoms with Crippen molar-refractivity contribution in [1.29, 1.82) is 0 Å². The van der Waals surface area contributed by atoms with Gasteiger partial charge in [0.1, 0.15) is 23.8 Å². The summed E-state index contributed by atoms with van der Waals surface area (Å²) in [6.07, 6.45) is -4.11. The van der Waals surface area contributed by atoms with Gasteiger partial charge in [-0.2, -0.15) is 14.4 Å². The molecule has 0 bridgehead atoms. The Balaban J connectivity index is 0.000000388. The average Bonchev–Trinajstić information content (AvgIpc) is 3.00. The summed E-state index contributed by atoms with van der Waals surface area (Å²) < 4.78 is 21.3. The van der Waals surface area contributed by atoms with E-state index in [1.165, 1.54) is 6.33 Å². The first kappa shape index (κ1) is 23.9. The molecule has 2 aromatic rings. The largest absolute Gasteiger partial charge is 0.466 e. The molecule has 0 aliphatic rings. The maximum absolute atomic E-state index is 12.4. The fraction of sp³-hybridized carbons (Fsp3) is 0.400. The topological polar surface area (TPSA) is 256 Å². The van der Waals surface area contributed by atoms with Gasteiger partial charge in [0.15, 0.2) is 17.8 Å². The molecular formula is C10H17FN5O9P. The lowest BCUT2D eigenvalue weighted by molar-refractivity contribution is -0.127. The zero-order valence-electron chi connectivity index (χ0n) is 12.8. The third kappa shape index (κ3) is 9.40. The second-order valence-corrected chi connectivity index (χ2v) is 5.39. The maximum Gasteiger partial charge on any atom is 0.466 e. The zero-order valence-corrected chi connectivity index (χ0v) is 13.7. The van der Waals surface area contributed by atoms with Gasteiger partial charge < -0.3 is 50.6 Å². The molecule has 16 heteroatoms. The van der Waals surface area contributed by atoms with E-state index < -0.39 is 38.8 Å². The second kappa shape index (κ2) is 10.8. The van der Waals surface area contributed by atoms with E-state index in [0.29, 0.717) is 5.52 Å². The van der Waals surface area contributed by atoms with Crippen molar-refractivity contribution >= 4 is 31.1 Å². The van der Waals surface area contributed by atoms with Gasteiger partial charge in [0.2, 0.25) is 0 Å². The van der Waals surface area contributed by atoms with Crippen LogP contribution in [0.15, 0.2) is 6.33 Å². The van der Waals surface area contributed by atoms with Crippen LogP contribution >= 0.6 is 7.82 Å². The van der Waals surface area contributed by atoms with Gasteiger partial charge in [-0.15, -0.1) is 0 Å². The van der Waals surface area contributed by atoms with Crippen LogP contribution in [0, 0.1) is 6.08 Å². The van der Waals surface area contributed by atoms with Crippen molar-refractivity contribution in [1.82, 2.24) is 19.9 Å². The van der Waals surface area contributed by atoms with Crippen molar-refractivity contribution in [2.75, 3.05) is 12.3 Å². The molecule has 0 spiro atoms. The van der Waals surface area contributed by atoms with Gasteiger partial charge in [0, 0.05) is 0 Å². The van der Waals surface area contributed by atoms with Gasteiger partial charge in [-0.3, -0.25) is 0 Å². The Morgan fingerprint density at radius 2 is 1.81 bits per heavy atom. The zero-order chi connectivity index (χ0) is 20.5. The number of nitrogens with zero attached hydrogens (tertiary/aromatic N) is 3. The van der Waals surface area contributed by atoms with Gasteiger partial charge in [-0.1, -0.05) is 0 Å². The summed E-state index contributed by atoms with van der Waals surface area (Å²) >= 11 is 0. The number of nitrogens with two attached hydrogens (primary N) is 1. The molecule has 0 amide bonds. The number of carbonyl (C=O) groups excluding carboxylic acids is 1. The number of phosphoric acid groups is 1. The van der Waals surface area contributed by atoms with E-state index in [4.69, 9.17) is 45.4 Å². The molecule has 0 saturated carbocycles. The quantitative estimate of drug-likeness (QED) is 0.136. The highest BCUT2D eigenvalue weighted by atomic mass is 31.2. The number of halogens is 1. The van der Waals surface area contributed by atoms with Crippen molar-refractivity contribution in [3.05, 3.63) is 12.4 Å². The minimum atomic E-state index is -4.64. The van der Waals surface area contributed by atoms with E-state index >= 15 is 0 Å². The van der Waals surface area contributed by atoms with Crippen LogP contribution in [-0.4, -0.2) is 86.2 Å². The second-order valence-electron chi connectivity index (χ2n) is 4.36. The maximum atomic E-state index is 12.4. The summed E-state index contributed by atoms with van der Waals surface area (Å²) in [5.41, 5.74) is 6.05. The molecule has 26 heavy (non-hydrogen) atoms. The van der Waals surface area contributed by atoms with Crippen LogP contribution in [0.2, 0.25) is 0 Å².